The van der Waals surface area contributed by atoms with Gasteiger partial charge in [-0.25, -0.2) is 4.79 Å². The molecule has 0 unspecified atom stereocenters. The Balaban J connectivity index is 2.47. The van der Waals surface area contributed by atoms with E-state index in [1.807, 2.05) is 45.0 Å². The number of halogens is 1. The van der Waals surface area contributed by atoms with Crippen molar-refractivity contribution in [2.24, 2.45) is 0 Å². The summed E-state index contributed by atoms with van der Waals surface area (Å²) in [7, 11) is 0. The van der Waals surface area contributed by atoms with Crippen LogP contribution in [0.1, 0.15) is 27.7 Å². The molecule has 0 fully saturated rings. The number of nitrogens with one attached hydrogen (secondary N) is 1. The summed E-state index contributed by atoms with van der Waals surface area (Å²) in [6.45, 7) is 9.59. The number of hydrogen-bond acceptors (Lipinski definition) is 3. The zero-order chi connectivity index (χ0) is 15.2. The standard InChI is InChI=1S/C15H23ClN2O2/c1-5-18(13-9-7-6-8-12(13)16)11-10-17-14(19)20-15(2,3)4/h6-9H,5,10-11H2,1-4H3,(H,17,19). The number of nitrogens with zero attached hydrogens (tertiary/aromatic N) is 1. The molecule has 0 aliphatic carbocycles. The number of rotatable bonds is 5. The van der Waals surface area contributed by atoms with E-state index >= 15 is 0 Å². The molecule has 0 aliphatic rings. The molecule has 1 N–H and O–H groups in total. The van der Waals surface area contributed by atoms with Crippen LogP contribution in [0.15, 0.2) is 24.3 Å². The normalized spacial score (nSPS) is 11.1. The Morgan fingerprint density at radius 1 is 1.35 bits per heavy atom. The van der Waals surface area contributed by atoms with Crippen LogP contribution >= 0.6 is 11.6 Å². The highest BCUT2D eigenvalue weighted by molar-refractivity contribution is 6.33. The molecule has 20 heavy (non-hydrogen) atoms. The second kappa shape index (κ2) is 7.39. The third-order valence-corrected chi connectivity index (χ3v) is 2.94. The monoisotopic (exact) mass is 298 g/mol. The first-order valence-corrected chi connectivity index (χ1v) is 7.17. The fourth-order valence-corrected chi connectivity index (χ4v) is 2.02. The van der Waals surface area contributed by atoms with Gasteiger partial charge in [-0.1, -0.05) is 23.7 Å². The second-order valence-electron chi connectivity index (χ2n) is 5.46. The number of likely N-dealkylation sites (N-methyl/N-ethyl adjacent to an activating group) is 1. The lowest BCUT2D eigenvalue weighted by Gasteiger charge is -2.25. The third-order valence-electron chi connectivity index (χ3n) is 2.62. The van der Waals surface area contributed by atoms with Gasteiger partial charge in [0, 0.05) is 19.6 Å². The summed E-state index contributed by atoms with van der Waals surface area (Å²) >= 11 is 6.17. The SMILES string of the molecule is CCN(CCNC(=O)OC(C)(C)C)c1ccccc1Cl. The summed E-state index contributed by atoms with van der Waals surface area (Å²) < 4.78 is 5.19. The Hall–Kier alpha value is -1.42. The number of anilines is 1. The van der Waals surface area contributed by atoms with Crippen molar-refractivity contribution < 1.29 is 9.53 Å². The fourth-order valence-electron chi connectivity index (χ4n) is 1.76. The minimum absolute atomic E-state index is 0.396. The number of para-hydroxylation sites is 1. The van der Waals surface area contributed by atoms with Gasteiger partial charge in [-0.05, 0) is 39.8 Å². The van der Waals surface area contributed by atoms with Gasteiger partial charge in [-0.15, -0.1) is 0 Å². The zero-order valence-electron chi connectivity index (χ0n) is 12.6. The number of ether oxygens (including phenoxy) is 1. The highest BCUT2D eigenvalue weighted by Gasteiger charge is 2.16. The van der Waals surface area contributed by atoms with Crippen molar-refractivity contribution in [3.8, 4) is 0 Å². The van der Waals surface area contributed by atoms with Gasteiger partial charge in [-0.3, -0.25) is 0 Å². The van der Waals surface area contributed by atoms with Crippen LogP contribution < -0.4 is 10.2 Å². The van der Waals surface area contributed by atoms with Crippen LogP contribution in [0.3, 0.4) is 0 Å². The molecule has 1 amide bonds. The molecule has 4 nitrogen and oxygen atoms in total. The quantitative estimate of drug-likeness (QED) is 0.901. The van der Waals surface area contributed by atoms with Crippen molar-refractivity contribution in [3.05, 3.63) is 29.3 Å². The van der Waals surface area contributed by atoms with E-state index in [1.54, 1.807) is 0 Å². The van der Waals surface area contributed by atoms with E-state index in [1.165, 1.54) is 0 Å². The molecule has 1 aromatic rings. The molecule has 0 saturated heterocycles. The molecular formula is C15H23ClN2O2. The van der Waals surface area contributed by atoms with E-state index in [9.17, 15) is 4.79 Å². The first-order chi connectivity index (χ1) is 9.33. The lowest BCUT2D eigenvalue weighted by molar-refractivity contribution is 0.0529. The van der Waals surface area contributed by atoms with E-state index in [4.69, 9.17) is 16.3 Å². The molecule has 0 radical (unpaired) electrons. The molecule has 0 aliphatic heterocycles. The van der Waals surface area contributed by atoms with Gasteiger partial charge in [0.25, 0.3) is 0 Å². The minimum Gasteiger partial charge on any atom is -0.444 e. The maximum absolute atomic E-state index is 11.6. The first kappa shape index (κ1) is 16.6. The van der Waals surface area contributed by atoms with Gasteiger partial charge in [0.05, 0.1) is 10.7 Å². The van der Waals surface area contributed by atoms with Crippen LogP contribution in [0.2, 0.25) is 5.02 Å². The Kier molecular flexibility index (Phi) is 6.14. The van der Waals surface area contributed by atoms with Gasteiger partial charge >= 0.3 is 6.09 Å². The number of carbonyl (C=O) groups excluding carboxylic acids is 1. The summed E-state index contributed by atoms with van der Waals surface area (Å²) in [6.07, 6.45) is -0.396. The van der Waals surface area contributed by atoms with E-state index in [0.717, 1.165) is 12.2 Å². The van der Waals surface area contributed by atoms with Crippen molar-refractivity contribution in [1.29, 1.82) is 0 Å². The van der Waals surface area contributed by atoms with Crippen LogP contribution in [-0.2, 0) is 4.74 Å². The average molecular weight is 299 g/mol. The first-order valence-electron chi connectivity index (χ1n) is 6.80. The van der Waals surface area contributed by atoms with Crippen LogP contribution in [0, 0.1) is 0 Å². The molecule has 0 bridgehead atoms. The third kappa shape index (κ3) is 5.70. The molecule has 0 spiro atoms. The topological polar surface area (TPSA) is 41.6 Å². The van der Waals surface area contributed by atoms with Gasteiger partial charge in [0.15, 0.2) is 0 Å². The van der Waals surface area contributed by atoms with Crippen molar-refractivity contribution in [3.63, 3.8) is 0 Å². The Morgan fingerprint density at radius 2 is 2.00 bits per heavy atom. The van der Waals surface area contributed by atoms with Crippen LogP contribution in [-0.4, -0.2) is 31.3 Å². The predicted molar refractivity (Wildman–Crippen MR) is 83.6 cm³/mol. The molecule has 1 rings (SSSR count). The van der Waals surface area contributed by atoms with E-state index in [-0.39, 0.29) is 0 Å². The molecule has 0 heterocycles. The van der Waals surface area contributed by atoms with Gasteiger partial charge in [0.1, 0.15) is 5.60 Å². The Bertz CT molecular complexity index is 444. The van der Waals surface area contributed by atoms with Crippen molar-refractivity contribution >= 4 is 23.4 Å². The molecule has 112 valence electrons. The summed E-state index contributed by atoms with van der Waals surface area (Å²) in [5, 5.41) is 3.46. The molecular weight excluding hydrogens is 276 g/mol. The molecule has 0 saturated carbocycles. The number of carbonyl (C=O) groups is 1. The highest BCUT2D eigenvalue weighted by atomic mass is 35.5. The number of benzene rings is 1. The lowest BCUT2D eigenvalue weighted by Crippen LogP contribution is -2.38. The second-order valence-corrected chi connectivity index (χ2v) is 5.87. The molecule has 0 atom stereocenters. The van der Waals surface area contributed by atoms with E-state index < -0.39 is 11.7 Å². The largest absolute Gasteiger partial charge is 0.444 e. The van der Waals surface area contributed by atoms with Crippen LogP contribution in [0.25, 0.3) is 0 Å². The van der Waals surface area contributed by atoms with Crippen molar-refractivity contribution in [1.82, 2.24) is 5.32 Å². The van der Waals surface area contributed by atoms with Gasteiger partial charge < -0.3 is 15.0 Å². The maximum Gasteiger partial charge on any atom is 0.407 e. The smallest absolute Gasteiger partial charge is 0.407 e. The molecule has 5 heteroatoms. The number of hydrogen-bond donors (Lipinski definition) is 1. The fraction of sp³-hybridized carbons (Fsp3) is 0.533. The number of amides is 1. The highest BCUT2D eigenvalue weighted by Crippen LogP contribution is 2.24. The van der Waals surface area contributed by atoms with Crippen molar-refractivity contribution in [2.45, 2.75) is 33.3 Å². The van der Waals surface area contributed by atoms with E-state index in [0.29, 0.717) is 18.1 Å². The maximum atomic E-state index is 11.6. The minimum atomic E-state index is -0.475. The van der Waals surface area contributed by atoms with Crippen LogP contribution in [0.4, 0.5) is 10.5 Å². The summed E-state index contributed by atoms with van der Waals surface area (Å²) in [5.74, 6) is 0. The predicted octanol–water partition coefficient (Wildman–Crippen LogP) is 3.69. The summed E-state index contributed by atoms with van der Waals surface area (Å²) in [4.78, 5) is 13.7. The Morgan fingerprint density at radius 3 is 2.55 bits per heavy atom. The van der Waals surface area contributed by atoms with Gasteiger partial charge in [-0.2, -0.15) is 0 Å². The van der Waals surface area contributed by atoms with E-state index in [2.05, 4.69) is 17.1 Å². The zero-order valence-corrected chi connectivity index (χ0v) is 13.3. The van der Waals surface area contributed by atoms with Gasteiger partial charge in [0.2, 0.25) is 0 Å². The summed E-state index contributed by atoms with van der Waals surface area (Å²) in [5.41, 5.74) is 0.500. The molecule has 0 aromatic heterocycles. The van der Waals surface area contributed by atoms with Crippen molar-refractivity contribution in [2.75, 3.05) is 24.5 Å². The lowest BCUT2D eigenvalue weighted by atomic mass is 10.2. The number of alkyl carbamates (subject to hydrolysis) is 1. The summed E-state index contributed by atoms with van der Waals surface area (Å²) in [6, 6.07) is 7.68. The molecule has 1 aromatic carbocycles. The van der Waals surface area contributed by atoms with Crippen LogP contribution in [0.5, 0.6) is 0 Å². The average Bonchev–Trinajstić information content (AvgIpc) is 2.34. The Labute approximate surface area is 126 Å².